The molecule has 1 saturated carbocycles. The van der Waals surface area contributed by atoms with Gasteiger partial charge >= 0.3 is 5.97 Å². The molecule has 0 amide bonds. The van der Waals surface area contributed by atoms with E-state index in [0.717, 1.165) is 0 Å². The van der Waals surface area contributed by atoms with Gasteiger partial charge in [-0.1, -0.05) is 0 Å². The summed E-state index contributed by atoms with van der Waals surface area (Å²) in [7, 11) is 1.21. The molecule has 0 bridgehead atoms. The van der Waals surface area contributed by atoms with Gasteiger partial charge in [0, 0.05) is 12.8 Å². The Morgan fingerprint density at radius 1 is 1.15 bits per heavy atom. The number of fused-ring (bicyclic) bond motifs is 1. The molecule has 0 aromatic rings. The molecule has 0 aromatic carbocycles. The number of aliphatic hydroxyl groups is 2. The normalized spacial score (nSPS) is 42.6. The Morgan fingerprint density at radius 3 is 2.25 bits per heavy atom. The van der Waals surface area contributed by atoms with Crippen molar-refractivity contribution < 1.29 is 29.2 Å². The van der Waals surface area contributed by atoms with Crippen molar-refractivity contribution in [3.8, 4) is 0 Å². The van der Waals surface area contributed by atoms with Crippen molar-refractivity contribution in [2.75, 3.05) is 7.11 Å². The lowest BCUT2D eigenvalue weighted by molar-refractivity contribution is -0.329. The van der Waals surface area contributed by atoms with E-state index < -0.39 is 41.1 Å². The van der Waals surface area contributed by atoms with E-state index in [-0.39, 0.29) is 12.8 Å². The lowest BCUT2D eigenvalue weighted by Crippen LogP contribution is -2.68. The Balaban J connectivity index is 2.25. The van der Waals surface area contributed by atoms with E-state index in [0.29, 0.717) is 0 Å². The van der Waals surface area contributed by atoms with Gasteiger partial charge in [-0.15, -0.1) is 0 Å². The number of carbonyl (C=O) groups is 1. The minimum Gasteiger partial charge on any atom is -0.467 e. The maximum absolute atomic E-state index is 11.7. The van der Waals surface area contributed by atoms with Crippen LogP contribution in [0.25, 0.3) is 0 Å². The molecular formula is C14H24O6. The molecule has 116 valence electrons. The van der Waals surface area contributed by atoms with E-state index in [9.17, 15) is 15.0 Å². The Bertz CT molecular complexity index is 404. The number of esters is 1. The van der Waals surface area contributed by atoms with Gasteiger partial charge in [0.25, 0.3) is 0 Å². The smallest absolute Gasteiger partial charge is 0.338 e. The molecule has 0 radical (unpaired) electrons. The number of carbonyl (C=O) groups excluding carboxylic acids is 1. The second kappa shape index (κ2) is 4.66. The third-order valence-electron chi connectivity index (χ3n) is 4.72. The number of ether oxygens (including phenoxy) is 3. The lowest BCUT2D eigenvalue weighted by Gasteiger charge is -2.55. The lowest BCUT2D eigenvalue weighted by atomic mass is 9.76. The zero-order chi connectivity index (χ0) is 15.3. The van der Waals surface area contributed by atoms with E-state index in [1.54, 1.807) is 0 Å². The molecule has 6 heteroatoms. The van der Waals surface area contributed by atoms with Crippen molar-refractivity contribution in [1.82, 2.24) is 0 Å². The highest BCUT2D eigenvalue weighted by molar-refractivity contribution is 5.79. The summed E-state index contributed by atoms with van der Waals surface area (Å²) in [6.07, 6.45) is -2.14. The second-order valence-corrected chi connectivity index (χ2v) is 6.76. The van der Waals surface area contributed by atoms with Crippen LogP contribution >= 0.6 is 0 Å². The van der Waals surface area contributed by atoms with Gasteiger partial charge in [0.2, 0.25) is 0 Å². The highest BCUT2D eigenvalue weighted by Crippen LogP contribution is 2.44. The van der Waals surface area contributed by atoms with Crippen molar-refractivity contribution in [3.63, 3.8) is 0 Å². The molecule has 2 fully saturated rings. The fraction of sp³-hybridized carbons (Fsp3) is 0.929. The van der Waals surface area contributed by atoms with Gasteiger partial charge in [0.1, 0.15) is 6.10 Å². The van der Waals surface area contributed by atoms with Crippen LogP contribution in [-0.4, -0.2) is 58.4 Å². The van der Waals surface area contributed by atoms with E-state index in [4.69, 9.17) is 9.47 Å². The average Bonchev–Trinajstić information content (AvgIpc) is 2.30. The van der Waals surface area contributed by atoms with Gasteiger partial charge in [0.15, 0.2) is 5.60 Å². The van der Waals surface area contributed by atoms with Crippen molar-refractivity contribution in [2.45, 2.75) is 75.7 Å². The Morgan fingerprint density at radius 2 is 1.70 bits per heavy atom. The monoisotopic (exact) mass is 288 g/mol. The first-order valence-electron chi connectivity index (χ1n) is 6.87. The third-order valence-corrected chi connectivity index (χ3v) is 4.72. The number of aliphatic hydroxyl groups excluding tert-OH is 1. The van der Waals surface area contributed by atoms with Crippen molar-refractivity contribution in [1.29, 1.82) is 0 Å². The van der Waals surface area contributed by atoms with Crippen molar-refractivity contribution in [2.24, 2.45) is 0 Å². The molecular weight excluding hydrogens is 264 g/mol. The number of methoxy groups -OCH3 is 1. The summed E-state index contributed by atoms with van der Waals surface area (Å²) < 4.78 is 16.6. The Kier molecular flexibility index (Phi) is 3.66. The summed E-state index contributed by atoms with van der Waals surface area (Å²) in [5.41, 5.74) is -2.89. The molecule has 1 heterocycles. The molecule has 2 N–H and O–H groups in total. The minimum atomic E-state index is -1.73. The summed E-state index contributed by atoms with van der Waals surface area (Å²) in [6, 6.07) is 0. The molecule has 1 aliphatic heterocycles. The Hall–Kier alpha value is -0.690. The zero-order valence-corrected chi connectivity index (χ0v) is 12.7. The number of hydrogen-bond donors (Lipinski definition) is 2. The summed E-state index contributed by atoms with van der Waals surface area (Å²) in [5, 5.41) is 20.6. The molecule has 1 saturated heterocycles. The third kappa shape index (κ3) is 2.35. The van der Waals surface area contributed by atoms with Crippen LogP contribution in [0.5, 0.6) is 0 Å². The van der Waals surface area contributed by atoms with Gasteiger partial charge in [-0.3, -0.25) is 0 Å². The molecule has 6 nitrogen and oxygen atoms in total. The van der Waals surface area contributed by atoms with Crippen LogP contribution in [0.2, 0.25) is 0 Å². The first kappa shape index (κ1) is 15.7. The molecule has 4 atom stereocenters. The fourth-order valence-electron chi connectivity index (χ4n) is 2.86. The summed E-state index contributed by atoms with van der Waals surface area (Å²) in [4.78, 5) is 11.7. The van der Waals surface area contributed by atoms with E-state index >= 15 is 0 Å². The molecule has 2 aliphatic rings. The predicted octanol–water partition coefficient (Wildman–Crippen LogP) is 0.386. The topological polar surface area (TPSA) is 85.2 Å². The summed E-state index contributed by atoms with van der Waals surface area (Å²) in [6.45, 7) is 7.58. The largest absolute Gasteiger partial charge is 0.467 e. The molecule has 2 rings (SSSR count). The minimum absolute atomic E-state index is 0.0565. The van der Waals surface area contributed by atoms with Crippen LogP contribution < -0.4 is 0 Å². The Labute approximate surface area is 119 Å². The van der Waals surface area contributed by atoms with Gasteiger partial charge in [0.05, 0.1) is 30.5 Å². The van der Waals surface area contributed by atoms with Crippen LogP contribution in [-0.2, 0) is 19.0 Å². The van der Waals surface area contributed by atoms with Gasteiger partial charge in [-0.05, 0) is 27.7 Å². The van der Waals surface area contributed by atoms with Crippen LogP contribution in [0.4, 0.5) is 0 Å². The zero-order valence-electron chi connectivity index (χ0n) is 12.7. The van der Waals surface area contributed by atoms with E-state index in [1.807, 2.05) is 27.7 Å². The standard InChI is InChI=1S/C14H24O6/c1-12(2)13(3,4)20-10-8(15)6-14(17,11(16)18-5)7-9(10)19-12/h8-10,15,17H,6-7H2,1-5H3/t8-,9-,10-,14+/m1/s1. The second-order valence-electron chi connectivity index (χ2n) is 6.76. The molecule has 20 heavy (non-hydrogen) atoms. The van der Waals surface area contributed by atoms with Gasteiger partial charge in [-0.2, -0.15) is 0 Å². The first-order chi connectivity index (χ1) is 9.02. The maximum atomic E-state index is 11.7. The first-order valence-corrected chi connectivity index (χ1v) is 6.87. The fourth-order valence-corrected chi connectivity index (χ4v) is 2.86. The quantitative estimate of drug-likeness (QED) is 0.679. The maximum Gasteiger partial charge on any atom is 0.338 e. The SMILES string of the molecule is COC(=O)[C@]1(O)C[C@@H](O)[C@H]2OC(C)(C)C(C)(C)O[C@@H]2C1. The highest BCUT2D eigenvalue weighted by atomic mass is 16.6. The predicted molar refractivity (Wildman–Crippen MR) is 70.1 cm³/mol. The molecule has 1 aliphatic carbocycles. The van der Waals surface area contributed by atoms with Crippen molar-refractivity contribution >= 4 is 5.97 Å². The van der Waals surface area contributed by atoms with Crippen LogP contribution in [0, 0.1) is 0 Å². The summed E-state index contributed by atoms with van der Waals surface area (Å²) >= 11 is 0. The van der Waals surface area contributed by atoms with E-state index in [2.05, 4.69) is 4.74 Å². The number of hydrogen-bond acceptors (Lipinski definition) is 6. The summed E-state index contributed by atoms with van der Waals surface area (Å²) in [5.74, 6) is -0.749. The highest BCUT2D eigenvalue weighted by Gasteiger charge is 2.58. The molecule has 0 aromatic heterocycles. The van der Waals surface area contributed by atoms with Crippen LogP contribution in [0.15, 0.2) is 0 Å². The van der Waals surface area contributed by atoms with E-state index in [1.165, 1.54) is 7.11 Å². The van der Waals surface area contributed by atoms with Gasteiger partial charge in [-0.25, -0.2) is 4.79 Å². The van der Waals surface area contributed by atoms with Crippen LogP contribution in [0.1, 0.15) is 40.5 Å². The van der Waals surface area contributed by atoms with Gasteiger partial charge < -0.3 is 24.4 Å². The average molecular weight is 288 g/mol. The van der Waals surface area contributed by atoms with Crippen LogP contribution in [0.3, 0.4) is 0 Å². The molecule has 0 spiro atoms. The molecule has 0 unspecified atom stereocenters. The van der Waals surface area contributed by atoms with Crippen molar-refractivity contribution in [3.05, 3.63) is 0 Å². The number of rotatable bonds is 1.